The number of ether oxygens (including phenoxy) is 1. The zero-order chi connectivity index (χ0) is 15.1. The number of nitrogens with zero attached hydrogens (tertiary/aromatic N) is 1. The molecule has 3 nitrogen and oxygen atoms in total. The second-order valence-electron chi connectivity index (χ2n) is 4.94. The molecule has 1 unspecified atom stereocenters. The van der Waals surface area contributed by atoms with E-state index in [0.29, 0.717) is 6.04 Å². The first-order chi connectivity index (χ1) is 10.2. The van der Waals surface area contributed by atoms with Gasteiger partial charge >= 0.3 is 0 Å². The molecule has 112 valence electrons. The monoisotopic (exact) mass is 348 g/mol. The maximum Gasteiger partial charge on any atom is 0.119 e. The number of pyridine rings is 1. The van der Waals surface area contributed by atoms with Crippen molar-refractivity contribution < 1.29 is 4.74 Å². The average molecular weight is 349 g/mol. The van der Waals surface area contributed by atoms with Crippen LogP contribution in [-0.2, 0) is 12.8 Å². The van der Waals surface area contributed by atoms with Gasteiger partial charge in [0.25, 0.3) is 0 Å². The van der Waals surface area contributed by atoms with Gasteiger partial charge in [0.1, 0.15) is 5.75 Å². The molecule has 1 aromatic heterocycles. The van der Waals surface area contributed by atoms with Crippen molar-refractivity contribution in [1.29, 1.82) is 0 Å². The largest absolute Gasteiger partial charge is 0.497 e. The predicted octanol–water partition coefficient (Wildman–Crippen LogP) is 3.62. The lowest BCUT2D eigenvalue weighted by atomic mass is 10.0. The molecular weight excluding hydrogens is 328 g/mol. The minimum Gasteiger partial charge on any atom is -0.497 e. The first-order valence-corrected chi connectivity index (χ1v) is 7.98. The summed E-state index contributed by atoms with van der Waals surface area (Å²) in [5.41, 5.74) is 2.36. The minimum atomic E-state index is 0.355. The topological polar surface area (TPSA) is 34.2 Å². The normalized spacial score (nSPS) is 12.1. The number of benzene rings is 1. The summed E-state index contributed by atoms with van der Waals surface area (Å²) in [4.78, 5) is 4.42. The SMILES string of the molecule is CCNC(Cc1ccccn1)Cc1cc(OC)ccc1Br. The Labute approximate surface area is 134 Å². The van der Waals surface area contributed by atoms with Crippen LogP contribution in [0.3, 0.4) is 0 Å². The van der Waals surface area contributed by atoms with Crippen LogP contribution in [0.15, 0.2) is 47.1 Å². The number of hydrogen-bond donors (Lipinski definition) is 1. The van der Waals surface area contributed by atoms with Crippen molar-refractivity contribution in [2.45, 2.75) is 25.8 Å². The van der Waals surface area contributed by atoms with Crippen LogP contribution >= 0.6 is 15.9 Å². The zero-order valence-electron chi connectivity index (χ0n) is 12.5. The highest BCUT2D eigenvalue weighted by molar-refractivity contribution is 9.10. The van der Waals surface area contributed by atoms with Gasteiger partial charge in [0, 0.05) is 28.8 Å². The van der Waals surface area contributed by atoms with Crippen molar-refractivity contribution in [3.63, 3.8) is 0 Å². The highest BCUT2D eigenvalue weighted by Crippen LogP contribution is 2.24. The van der Waals surface area contributed by atoms with Crippen LogP contribution in [0.2, 0.25) is 0 Å². The average Bonchev–Trinajstić information content (AvgIpc) is 2.51. The van der Waals surface area contributed by atoms with Gasteiger partial charge in [0.2, 0.25) is 0 Å². The molecule has 2 rings (SSSR count). The molecule has 0 saturated carbocycles. The molecule has 0 aliphatic heterocycles. The molecular formula is C17H21BrN2O. The number of hydrogen-bond acceptors (Lipinski definition) is 3. The molecule has 0 aliphatic carbocycles. The van der Waals surface area contributed by atoms with Gasteiger partial charge in [-0.05, 0) is 48.9 Å². The van der Waals surface area contributed by atoms with Crippen LogP contribution in [0, 0.1) is 0 Å². The Hall–Kier alpha value is -1.39. The lowest BCUT2D eigenvalue weighted by Gasteiger charge is -2.19. The van der Waals surface area contributed by atoms with Crippen molar-refractivity contribution in [2.75, 3.05) is 13.7 Å². The Bertz CT molecular complexity index is 560. The van der Waals surface area contributed by atoms with E-state index in [-0.39, 0.29) is 0 Å². The summed E-state index contributed by atoms with van der Waals surface area (Å²) < 4.78 is 6.43. The highest BCUT2D eigenvalue weighted by atomic mass is 79.9. The lowest BCUT2D eigenvalue weighted by Crippen LogP contribution is -2.33. The van der Waals surface area contributed by atoms with Crippen molar-refractivity contribution in [3.05, 3.63) is 58.3 Å². The molecule has 1 atom stereocenters. The molecule has 0 amide bonds. The van der Waals surface area contributed by atoms with Crippen LogP contribution in [-0.4, -0.2) is 24.7 Å². The van der Waals surface area contributed by atoms with Gasteiger partial charge < -0.3 is 10.1 Å². The second-order valence-corrected chi connectivity index (χ2v) is 5.80. The Morgan fingerprint density at radius 3 is 2.76 bits per heavy atom. The van der Waals surface area contributed by atoms with Gasteiger partial charge in [0.05, 0.1) is 7.11 Å². The van der Waals surface area contributed by atoms with Gasteiger partial charge in [-0.2, -0.15) is 0 Å². The first-order valence-electron chi connectivity index (χ1n) is 7.18. The molecule has 0 aliphatic rings. The van der Waals surface area contributed by atoms with Crippen LogP contribution in [0.4, 0.5) is 0 Å². The molecule has 0 fully saturated rings. The fourth-order valence-electron chi connectivity index (χ4n) is 2.38. The van der Waals surface area contributed by atoms with E-state index in [0.717, 1.165) is 35.3 Å². The Morgan fingerprint density at radius 1 is 1.24 bits per heavy atom. The van der Waals surface area contributed by atoms with Crippen LogP contribution in [0.25, 0.3) is 0 Å². The van der Waals surface area contributed by atoms with Crippen LogP contribution < -0.4 is 10.1 Å². The summed E-state index contributed by atoms with van der Waals surface area (Å²) in [7, 11) is 1.70. The van der Waals surface area contributed by atoms with Crippen molar-refractivity contribution >= 4 is 15.9 Å². The van der Waals surface area contributed by atoms with Crippen molar-refractivity contribution in [3.8, 4) is 5.75 Å². The Kier molecular flexibility index (Phi) is 6.21. The molecule has 0 radical (unpaired) electrons. The number of likely N-dealkylation sites (N-methyl/N-ethyl adjacent to an activating group) is 1. The molecule has 1 heterocycles. The van der Waals surface area contributed by atoms with Gasteiger partial charge in [-0.3, -0.25) is 4.98 Å². The standard InChI is InChI=1S/C17H21BrN2O/c1-3-19-15(12-14-6-4-5-9-20-14)10-13-11-16(21-2)7-8-17(13)18/h4-9,11,15,19H,3,10,12H2,1-2H3. The van der Waals surface area contributed by atoms with Crippen molar-refractivity contribution in [1.82, 2.24) is 10.3 Å². The Balaban J connectivity index is 2.12. The van der Waals surface area contributed by atoms with Crippen LogP contribution in [0.5, 0.6) is 5.75 Å². The molecule has 2 aromatic rings. The smallest absolute Gasteiger partial charge is 0.119 e. The van der Waals surface area contributed by atoms with E-state index in [1.165, 1.54) is 5.56 Å². The quantitative estimate of drug-likeness (QED) is 0.829. The summed E-state index contributed by atoms with van der Waals surface area (Å²) in [6.45, 7) is 3.07. The van der Waals surface area contributed by atoms with Crippen LogP contribution in [0.1, 0.15) is 18.2 Å². The predicted molar refractivity (Wildman–Crippen MR) is 89.8 cm³/mol. The molecule has 4 heteroatoms. The first kappa shape index (κ1) is 16.0. The second kappa shape index (κ2) is 8.15. The van der Waals surface area contributed by atoms with Gasteiger partial charge in [-0.15, -0.1) is 0 Å². The summed E-state index contributed by atoms with van der Waals surface area (Å²) in [5.74, 6) is 0.890. The van der Waals surface area contributed by atoms with E-state index in [1.54, 1.807) is 7.11 Å². The minimum absolute atomic E-state index is 0.355. The molecule has 1 N–H and O–H groups in total. The molecule has 1 aromatic carbocycles. The van der Waals surface area contributed by atoms with E-state index in [4.69, 9.17) is 4.74 Å². The van der Waals surface area contributed by atoms with E-state index in [2.05, 4.69) is 45.3 Å². The summed E-state index contributed by atoms with van der Waals surface area (Å²) in [5, 5.41) is 3.54. The van der Waals surface area contributed by atoms with Gasteiger partial charge in [-0.1, -0.05) is 28.9 Å². The fourth-order valence-corrected chi connectivity index (χ4v) is 2.78. The fraction of sp³-hybridized carbons (Fsp3) is 0.353. The van der Waals surface area contributed by atoms with E-state index in [1.807, 2.05) is 30.5 Å². The maximum absolute atomic E-state index is 5.32. The van der Waals surface area contributed by atoms with Crippen molar-refractivity contribution in [2.24, 2.45) is 0 Å². The number of aromatic nitrogens is 1. The summed E-state index contributed by atoms with van der Waals surface area (Å²) in [6.07, 6.45) is 3.69. The number of rotatable bonds is 7. The number of halogens is 1. The molecule has 0 spiro atoms. The number of methoxy groups -OCH3 is 1. The zero-order valence-corrected chi connectivity index (χ0v) is 14.1. The van der Waals surface area contributed by atoms with Gasteiger partial charge in [0.15, 0.2) is 0 Å². The highest BCUT2D eigenvalue weighted by Gasteiger charge is 2.13. The number of nitrogens with one attached hydrogen (secondary N) is 1. The summed E-state index contributed by atoms with van der Waals surface area (Å²) >= 11 is 3.63. The van der Waals surface area contributed by atoms with Gasteiger partial charge in [-0.25, -0.2) is 0 Å². The third kappa shape index (κ3) is 4.83. The Morgan fingerprint density at radius 2 is 2.10 bits per heavy atom. The van der Waals surface area contributed by atoms with E-state index >= 15 is 0 Å². The van der Waals surface area contributed by atoms with E-state index in [9.17, 15) is 0 Å². The van der Waals surface area contributed by atoms with E-state index < -0.39 is 0 Å². The third-order valence-corrected chi connectivity index (χ3v) is 4.17. The summed E-state index contributed by atoms with van der Waals surface area (Å²) in [6, 6.07) is 12.5. The third-order valence-electron chi connectivity index (χ3n) is 3.39. The molecule has 0 saturated heterocycles. The molecule has 21 heavy (non-hydrogen) atoms. The maximum atomic E-state index is 5.32. The molecule has 0 bridgehead atoms. The lowest BCUT2D eigenvalue weighted by molar-refractivity contribution is 0.413.